The predicted molar refractivity (Wildman–Crippen MR) is 130 cm³/mol. The summed E-state index contributed by atoms with van der Waals surface area (Å²) in [6.45, 7) is 1.96. The van der Waals surface area contributed by atoms with E-state index >= 15 is 0 Å². The number of anilines is 1. The van der Waals surface area contributed by atoms with Crippen molar-refractivity contribution in [3.63, 3.8) is 0 Å². The molecule has 33 heavy (non-hydrogen) atoms. The largest absolute Gasteiger partial charge is 0.497 e. The number of methoxy groups -OCH3 is 2. The molecular formula is C25H27N5O3. The maximum atomic E-state index is 12.7. The lowest BCUT2D eigenvalue weighted by Crippen LogP contribution is -2.25. The molecule has 0 saturated carbocycles. The minimum atomic E-state index is -0.419. The van der Waals surface area contributed by atoms with Crippen molar-refractivity contribution in [3.8, 4) is 17.2 Å². The van der Waals surface area contributed by atoms with Crippen LogP contribution in [0.1, 0.15) is 23.2 Å². The van der Waals surface area contributed by atoms with E-state index in [0.717, 1.165) is 25.1 Å². The highest BCUT2D eigenvalue weighted by Gasteiger charge is 2.17. The summed E-state index contributed by atoms with van der Waals surface area (Å²) >= 11 is 0. The van der Waals surface area contributed by atoms with E-state index < -0.39 is 5.56 Å². The monoisotopic (exact) mass is 445 g/mol. The first-order chi connectivity index (χ1) is 15.9. The summed E-state index contributed by atoms with van der Waals surface area (Å²) in [5.74, 6) is 1.01. The smallest absolute Gasteiger partial charge is 0.273 e. The van der Waals surface area contributed by atoms with E-state index in [-0.39, 0.29) is 17.1 Å². The number of ether oxygens (including phenoxy) is 2. The molecule has 3 N–H and O–H groups in total. The molecule has 4 rings (SSSR count). The van der Waals surface area contributed by atoms with Crippen LogP contribution in [0.3, 0.4) is 0 Å². The second-order valence-corrected chi connectivity index (χ2v) is 7.93. The number of hydrogen-bond acceptors (Lipinski definition) is 7. The number of benzene rings is 2. The molecule has 0 amide bonds. The van der Waals surface area contributed by atoms with Gasteiger partial charge in [0.05, 0.1) is 25.6 Å². The quantitative estimate of drug-likeness (QED) is 0.565. The van der Waals surface area contributed by atoms with Gasteiger partial charge in [-0.2, -0.15) is 9.78 Å². The average Bonchev–Trinajstić information content (AvgIpc) is 2.84. The molecule has 1 aliphatic heterocycles. The van der Waals surface area contributed by atoms with Gasteiger partial charge in [-0.15, -0.1) is 0 Å². The molecule has 0 atom stereocenters. The SMILES string of the molecule is COc1ccc(-n2nc(C(=N)c3ccc(C4=CCN(C)CC4)cc3)c(N)cc2=O)c(OC)c1. The Morgan fingerprint density at radius 2 is 1.85 bits per heavy atom. The van der Waals surface area contributed by atoms with Crippen LogP contribution in [0.5, 0.6) is 11.5 Å². The van der Waals surface area contributed by atoms with Crippen LogP contribution in [-0.2, 0) is 0 Å². The summed E-state index contributed by atoms with van der Waals surface area (Å²) in [5, 5.41) is 13.1. The highest BCUT2D eigenvalue weighted by atomic mass is 16.5. The zero-order chi connectivity index (χ0) is 23.5. The van der Waals surface area contributed by atoms with Gasteiger partial charge in [-0.1, -0.05) is 30.3 Å². The predicted octanol–water partition coefficient (Wildman–Crippen LogP) is 2.97. The maximum absolute atomic E-state index is 12.7. The first-order valence-corrected chi connectivity index (χ1v) is 10.6. The van der Waals surface area contributed by atoms with E-state index in [4.69, 9.17) is 20.6 Å². The summed E-state index contributed by atoms with van der Waals surface area (Å²) < 4.78 is 11.8. The zero-order valence-corrected chi connectivity index (χ0v) is 19.0. The number of likely N-dealkylation sites (N-methyl/N-ethyl adjacent to an activating group) is 1. The van der Waals surface area contributed by atoms with Crippen LogP contribution in [0, 0.1) is 5.41 Å². The fraction of sp³-hybridized carbons (Fsp3) is 0.240. The number of nitrogen functional groups attached to an aromatic ring is 1. The highest BCUT2D eigenvalue weighted by molar-refractivity contribution is 6.12. The Bertz CT molecular complexity index is 1280. The van der Waals surface area contributed by atoms with Crippen molar-refractivity contribution >= 4 is 17.0 Å². The van der Waals surface area contributed by atoms with E-state index in [1.165, 1.54) is 23.4 Å². The zero-order valence-electron chi connectivity index (χ0n) is 19.0. The lowest BCUT2D eigenvalue weighted by molar-refractivity contribution is 0.370. The third kappa shape index (κ3) is 4.51. The fourth-order valence-electron chi connectivity index (χ4n) is 3.82. The van der Waals surface area contributed by atoms with Crippen LogP contribution < -0.4 is 20.8 Å². The molecular weight excluding hydrogens is 418 g/mol. The van der Waals surface area contributed by atoms with Crippen molar-refractivity contribution < 1.29 is 9.47 Å². The van der Waals surface area contributed by atoms with Crippen LogP contribution in [0.15, 0.2) is 59.4 Å². The van der Waals surface area contributed by atoms with Gasteiger partial charge in [0.25, 0.3) is 5.56 Å². The lowest BCUT2D eigenvalue weighted by atomic mass is 9.97. The van der Waals surface area contributed by atoms with Gasteiger partial charge in [0, 0.05) is 30.8 Å². The normalized spacial score (nSPS) is 14.0. The summed E-state index contributed by atoms with van der Waals surface area (Å²) in [7, 11) is 5.16. The second-order valence-electron chi connectivity index (χ2n) is 7.93. The second kappa shape index (κ2) is 9.30. The van der Waals surface area contributed by atoms with Gasteiger partial charge < -0.3 is 20.1 Å². The molecule has 2 aromatic carbocycles. The van der Waals surface area contributed by atoms with Gasteiger partial charge in [0.1, 0.15) is 22.9 Å². The number of hydrogen-bond donors (Lipinski definition) is 2. The van der Waals surface area contributed by atoms with Crippen molar-refractivity contribution in [2.45, 2.75) is 6.42 Å². The van der Waals surface area contributed by atoms with E-state index in [0.29, 0.717) is 22.7 Å². The molecule has 0 fully saturated rings. The molecule has 1 aliphatic rings. The summed E-state index contributed by atoms with van der Waals surface area (Å²) in [5.41, 5.74) is 9.74. The summed E-state index contributed by atoms with van der Waals surface area (Å²) in [6.07, 6.45) is 3.23. The van der Waals surface area contributed by atoms with Crippen LogP contribution in [0.4, 0.5) is 5.69 Å². The summed E-state index contributed by atoms with van der Waals surface area (Å²) in [6, 6.07) is 14.1. The lowest BCUT2D eigenvalue weighted by Gasteiger charge is -2.22. The minimum absolute atomic E-state index is 0.137. The van der Waals surface area contributed by atoms with Crippen molar-refractivity contribution in [2.75, 3.05) is 40.1 Å². The molecule has 3 aromatic rings. The highest BCUT2D eigenvalue weighted by Crippen LogP contribution is 2.27. The standard InChI is InChI=1S/C25H27N5O3/c1-29-12-10-17(11-13-29)16-4-6-18(7-5-16)24(27)25-20(26)15-23(31)30(28-25)21-9-8-19(32-2)14-22(21)33-3/h4-10,14-15,27H,11-13,26H2,1-3H3. The number of nitrogens with one attached hydrogen (secondary N) is 1. The molecule has 170 valence electrons. The minimum Gasteiger partial charge on any atom is -0.497 e. The third-order valence-electron chi connectivity index (χ3n) is 5.77. The average molecular weight is 446 g/mol. The topological polar surface area (TPSA) is 106 Å². The Balaban J connectivity index is 1.69. The molecule has 2 heterocycles. The van der Waals surface area contributed by atoms with Gasteiger partial charge in [0.2, 0.25) is 0 Å². The number of nitrogens with two attached hydrogens (primary N) is 1. The molecule has 0 spiro atoms. The Morgan fingerprint density at radius 1 is 1.09 bits per heavy atom. The van der Waals surface area contributed by atoms with Crippen LogP contribution in [0.2, 0.25) is 0 Å². The van der Waals surface area contributed by atoms with Crippen LogP contribution >= 0.6 is 0 Å². The molecule has 0 aliphatic carbocycles. The van der Waals surface area contributed by atoms with Crippen LogP contribution in [0.25, 0.3) is 11.3 Å². The van der Waals surface area contributed by atoms with Gasteiger partial charge in [-0.25, -0.2) is 0 Å². The van der Waals surface area contributed by atoms with Gasteiger partial charge >= 0.3 is 0 Å². The van der Waals surface area contributed by atoms with E-state index in [9.17, 15) is 4.79 Å². The van der Waals surface area contributed by atoms with E-state index in [2.05, 4.69) is 23.1 Å². The molecule has 8 heteroatoms. The molecule has 1 aromatic heterocycles. The first kappa shape index (κ1) is 22.3. The Hall–Kier alpha value is -3.91. The number of rotatable bonds is 6. The Morgan fingerprint density at radius 3 is 2.48 bits per heavy atom. The molecule has 0 radical (unpaired) electrons. The van der Waals surface area contributed by atoms with Gasteiger partial charge in [-0.05, 0) is 36.7 Å². The van der Waals surface area contributed by atoms with E-state index in [1.54, 1.807) is 25.3 Å². The third-order valence-corrected chi connectivity index (χ3v) is 5.77. The molecule has 0 saturated heterocycles. The fourth-order valence-corrected chi connectivity index (χ4v) is 3.82. The van der Waals surface area contributed by atoms with Crippen molar-refractivity contribution in [2.24, 2.45) is 0 Å². The van der Waals surface area contributed by atoms with Crippen molar-refractivity contribution in [1.29, 1.82) is 5.41 Å². The molecule has 8 nitrogen and oxygen atoms in total. The first-order valence-electron chi connectivity index (χ1n) is 10.6. The Kier molecular flexibility index (Phi) is 6.28. The van der Waals surface area contributed by atoms with Crippen molar-refractivity contribution in [1.82, 2.24) is 14.7 Å². The van der Waals surface area contributed by atoms with Gasteiger partial charge in [-0.3, -0.25) is 10.2 Å². The van der Waals surface area contributed by atoms with Crippen molar-refractivity contribution in [3.05, 3.63) is 81.8 Å². The number of aromatic nitrogens is 2. The molecule has 0 bridgehead atoms. The van der Waals surface area contributed by atoms with Crippen LogP contribution in [-0.4, -0.2) is 54.7 Å². The van der Waals surface area contributed by atoms with E-state index in [1.807, 2.05) is 24.3 Å². The van der Waals surface area contributed by atoms with Gasteiger partial charge in [0.15, 0.2) is 0 Å². The summed E-state index contributed by atoms with van der Waals surface area (Å²) in [4.78, 5) is 14.9. The Labute approximate surface area is 192 Å². The maximum Gasteiger partial charge on any atom is 0.273 e. The number of nitrogens with zero attached hydrogens (tertiary/aromatic N) is 3. The molecule has 0 unspecified atom stereocenters.